The van der Waals surface area contributed by atoms with E-state index >= 15 is 0 Å². The Morgan fingerprint density at radius 2 is 2.37 bits per heavy atom. The first kappa shape index (κ1) is 12.8. The summed E-state index contributed by atoms with van der Waals surface area (Å²) in [7, 11) is 2.11. The predicted molar refractivity (Wildman–Crippen MR) is 77.3 cm³/mol. The fourth-order valence-electron chi connectivity index (χ4n) is 2.97. The van der Waals surface area contributed by atoms with Gasteiger partial charge in [0.1, 0.15) is 5.82 Å². The van der Waals surface area contributed by atoms with E-state index in [9.17, 15) is 0 Å². The highest BCUT2D eigenvalue weighted by atomic mass is 32.1. The van der Waals surface area contributed by atoms with Crippen molar-refractivity contribution in [2.45, 2.75) is 32.2 Å². The molecule has 1 atom stereocenters. The molecule has 3 rings (SSSR count). The number of aromatic nitrogens is 3. The molecule has 0 spiro atoms. The molecule has 2 aromatic heterocycles. The van der Waals surface area contributed by atoms with E-state index in [4.69, 9.17) is 0 Å². The number of aryl methyl sites for hydroxylation is 2. The Balaban J connectivity index is 1.69. The van der Waals surface area contributed by atoms with Crippen molar-refractivity contribution < 1.29 is 0 Å². The lowest BCUT2D eigenvalue weighted by Crippen LogP contribution is -2.34. The molecule has 0 unspecified atom stereocenters. The van der Waals surface area contributed by atoms with Crippen LogP contribution in [-0.2, 0) is 13.6 Å². The first-order chi connectivity index (χ1) is 9.22. The van der Waals surface area contributed by atoms with Crippen molar-refractivity contribution in [1.82, 2.24) is 19.4 Å². The maximum atomic E-state index is 4.69. The fourth-order valence-corrected chi connectivity index (χ4v) is 3.52. The summed E-state index contributed by atoms with van der Waals surface area (Å²) >= 11 is 1.68. The van der Waals surface area contributed by atoms with Crippen LogP contribution in [0, 0.1) is 6.92 Å². The van der Waals surface area contributed by atoms with Crippen LogP contribution in [0.5, 0.6) is 0 Å². The van der Waals surface area contributed by atoms with Crippen LogP contribution in [-0.4, -0.2) is 32.5 Å². The third-order valence-electron chi connectivity index (χ3n) is 3.77. The van der Waals surface area contributed by atoms with Gasteiger partial charge in [0.2, 0.25) is 0 Å². The maximum Gasteiger partial charge on any atom is 0.113 e. The van der Waals surface area contributed by atoms with Crippen LogP contribution < -0.4 is 0 Å². The lowest BCUT2D eigenvalue weighted by molar-refractivity contribution is 0.193. The SMILES string of the molecule is Cc1cn(C)c([C@H]2CCCN(Cc3cscn3)C2)n1. The number of likely N-dealkylation sites (tertiary alicyclic amines) is 1. The Bertz CT molecular complexity index is 532. The molecule has 0 N–H and O–H groups in total. The molecule has 0 radical (unpaired) electrons. The van der Waals surface area contributed by atoms with Crippen LogP contribution in [0.15, 0.2) is 17.1 Å². The number of hydrogen-bond acceptors (Lipinski definition) is 4. The lowest BCUT2D eigenvalue weighted by atomic mass is 9.97. The van der Waals surface area contributed by atoms with Crippen LogP contribution in [0.4, 0.5) is 0 Å². The average molecular weight is 276 g/mol. The number of piperidine rings is 1. The predicted octanol–water partition coefficient (Wildman–Crippen LogP) is 2.56. The summed E-state index contributed by atoms with van der Waals surface area (Å²) in [5, 5.41) is 2.15. The molecule has 5 heteroatoms. The largest absolute Gasteiger partial charge is 0.337 e. The Kier molecular flexibility index (Phi) is 3.66. The quantitative estimate of drug-likeness (QED) is 0.864. The van der Waals surface area contributed by atoms with Gasteiger partial charge in [-0.05, 0) is 26.3 Å². The van der Waals surface area contributed by atoms with E-state index in [1.807, 2.05) is 5.51 Å². The molecule has 1 aliphatic rings. The number of imidazole rings is 1. The second-order valence-corrected chi connectivity index (χ2v) is 6.12. The van der Waals surface area contributed by atoms with Crippen molar-refractivity contribution in [2.75, 3.05) is 13.1 Å². The first-order valence-electron chi connectivity index (χ1n) is 6.81. The normalized spacial score (nSPS) is 20.8. The van der Waals surface area contributed by atoms with Gasteiger partial charge in [-0.3, -0.25) is 4.90 Å². The van der Waals surface area contributed by atoms with Gasteiger partial charge in [-0.2, -0.15) is 0 Å². The van der Waals surface area contributed by atoms with E-state index in [0.29, 0.717) is 5.92 Å². The number of thiazole rings is 1. The van der Waals surface area contributed by atoms with Gasteiger partial charge >= 0.3 is 0 Å². The molecule has 0 aliphatic carbocycles. The Hall–Kier alpha value is -1.20. The first-order valence-corrected chi connectivity index (χ1v) is 7.76. The number of rotatable bonds is 3. The molecule has 2 aromatic rings. The smallest absolute Gasteiger partial charge is 0.113 e. The molecule has 4 nitrogen and oxygen atoms in total. The molecule has 0 bridgehead atoms. The minimum Gasteiger partial charge on any atom is -0.337 e. The van der Waals surface area contributed by atoms with E-state index < -0.39 is 0 Å². The molecule has 0 saturated carbocycles. The molecule has 102 valence electrons. The molecule has 1 saturated heterocycles. The zero-order chi connectivity index (χ0) is 13.2. The molecule has 19 heavy (non-hydrogen) atoms. The average Bonchev–Trinajstić information content (AvgIpc) is 2.99. The molecular formula is C14H20N4S. The van der Waals surface area contributed by atoms with Gasteiger partial charge < -0.3 is 4.57 Å². The van der Waals surface area contributed by atoms with Gasteiger partial charge in [-0.25, -0.2) is 9.97 Å². The Labute approximate surface area is 118 Å². The fraction of sp³-hybridized carbons (Fsp3) is 0.571. The van der Waals surface area contributed by atoms with Crippen LogP contribution >= 0.6 is 11.3 Å². The van der Waals surface area contributed by atoms with Gasteiger partial charge in [0.05, 0.1) is 16.9 Å². The maximum absolute atomic E-state index is 4.69. The van der Waals surface area contributed by atoms with Crippen LogP contribution in [0.2, 0.25) is 0 Å². The van der Waals surface area contributed by atoms with Gasteiger partial charge in [0.15, 0.2) is 0 Å². The topological polar surface area (TPSA) is 34.0 Å². The summed E-state index contributed by atoms with van der Waals surface area (Å²) in [5.74, 6) is 1.80. The van der Waals surface area contributed by atoms with E-state index in [2.05, 4.69) is 45.0 Å². The summed E-state index contributed by atoms with van der Waals surface area (Å²) < 4.78 is 2.19. The summed E-state index contributed by atoms with van der Waals surface area (Å²) in [6, 6.07) is 0. The molecule has 0 amide bonds. The zero-order valence-corrected chi connectivity index (χ0v) is 12.4. The minimum atomic E-state index is 0.561. The standard InChI is InChI=1S/C14H20N4S/c1-11-6-17(2)14(16-11)12-4-3-5-18(7-12)8-13-9-19-10-15-13/h6,9-10,12H,3-5,7-8H2,1-2H3/t12-/m0/s1. The van der Waals surface area contributed by atoms with Crippen LogP contribution in [0.3, 0.4) is 0 Å². The van der Waals surface area contributed by atoms with E-state index in [0.717, 1.165) is 18.8 Å². The molecule has 1 aliphatic heterocycles. The second-order valence-electron chi connectivity index (χ2n) is 5.41. The van der Waals surface area contributed by atoms with E-state index in [1.165, 1.54) is 30.9 Å². The third kappa shape index (κ3) is 2.87. The van der Waals surface area contributed by atoms with E-state index in [1.54, 1.807) is 11.3 Å². The number of hydrogen-bond donors (Lipinski definition) is 0. The monoisotopic (exact) mass is 276 g/mol. The van der Waals surface area contributed by atoms with Gasteiger partial charge in [-0.15, -0.1) is 11.3 Å². The second kappa shape index (κ2) is 5.43. The molecular weight excluding hydrogens is 256 g/mol. The van der Waals surface area contributed by atoms with Crippen molar-refractivity contribution in [3.05, 3.63) is 34.3 Å². The Morgan fingerprint density at radius 1 is 1.47 bits per heavy atom. The van der Waals surface area contributed by atoms with Crippen LogP contribution in [0.1, 0.15) is 36.0 Å². The van der Waals surface area contributed by atoms with Gasteiger partial charge in [0, 0.05) is 37.6 Å². The molecule has 1 fully saturated rings. The highest BCUT2D eigenvalue weighted by Gasteiger charge is 2.24. The summed E-state index contributed by atoms with van der Waals surface area (Å²) in [6.07, 6.45) is 4.62. The summed E-state index contributed by atoms with van der Waals surface area (Å²) in [6.45, 7) is 5.32. The van der Waals surface area contributed by atoms with Gasteiger partial charge in [0.25, 0.3) is 0 Å². The Morgan fingerprint density at radius 3 is 3.05 bits per heavy atom. The third-order valence-corrected chi connectivity index (χ3v) is 4.41. The van der Waals surface area contributed by atoms with Crippen molar-refractivity contribution >= 4 is 11.3 Å². The van der Waals surface area contributed by atoms with Gasteiger partial charge in [-0.1, -0.05) is 0 Å². The zero-order valence-electron chi connectivity index (χ0n) is 11.5. The summed E-state index contributed by atoms with van der Waals surface area (Å²) in [5.41, 5.74) is 4.23. The highest BCUT2D eigenvalue weighted by molar-refractivity contribution is 7.07. The van der Waals surface area contributed by atoms with E-state index in [-0.39, 0.29) is 0 Å². The van der Waals surface area contributed by atoms with Crippen molar-refractivity contribution in [3.8, 4) is 0 Å². The van der Waals surface area contributed by atoms with Crippen molar-refractivity contribution in [1.29, 1.82) is 0 Å². The van der Waals surface area contributed by atoms with Crippen molar-refractivity contribution in [2.24, 2.45) is 7.05 Å². The minimum absolute atomic E-state index is 0.561. The number of nitrogens with zero attached hydrogens (tertiary/aromatic N) is 4. The lowest BCUT2D eigenvalue weighted by Gasteiger charge is -2.31. The van der Waals surface area contributed by atoms with Crippen LogP contribution in [0.25, 0.3) is 0 Å². The van der Waals surface area contributed by atoms with Crippen molar-refractivity contribution in [3.63, 3.8) is 0 Å². The molecule has 3 heterocycles. The molecule has 0 aromatic carbocycles. The highest BCUT2D eigenvalue weighted by Crippen LogP contribution is 2.26. The summed E-state index contributed by atoms with van der Waals surface area (Å²) in [4.78, 5) is 11.6.